The number of rotatable bonds is 0. The lowest BCUT2D eigenvalue weighted by atomic mass is 9.80. The summed E-state index contributed by atoms with van der Waals surface area (Å²) in [6, 6.07) is 5.51. The molecule has 0 aliphatic carbocycles. The van der Waals surface area contributed by atoms with E-state index in [-0.39, 0.29) is 5.91 Å². The highest BCUT2D eigenvalue weighted by atomic mass is 35.5. The lowest BCUT2D eigenvalue weighted by molar-refractivity contribution is -0.119. The number of hydrogen-bond acceptors (Lipinski definition) is 2. The predicted molar refractivity (Wildman–Crippen MR) is 63.8 cm³/mol. The van der Waals surface area contributed by atoms with Gasteiger partial charge in [-0.1, -0.05) is 23.8 Å². The Morgan fingerprint density at radius 1 is 1.38 bits per heavy atom. The Hall–Kier alpha value is -1.32. The summed E-state index contributed by atoms with van der Waals surface area (Å²) in [4.78, 5) is 12.1. The monoisotopic (exact) mass is 234 g/mol. The molecule has 0 saturated carbocycles. The van der Waals surface area contributed by atoms with Crippen LogP contribution in [-0.4, -0.2) is 19.0 Å². The number of carbonyl (C=O) groups is 1. The SMILES string of the molecule is O=C1Nc2ccc(Cl)cc2[C@@]12C=CCNC2. The van der Waals surface area contributed by atoms with Gasteiger partial charge in [-0.2, -0.15) is 0 Å². The predicted octanol–water partition coefficient (Wildman–Crippen LogP) is 1.69. The van der Waals surface area contributed by atoms with E-state index in [1.807, 2.05) is 24.3 Å². The van der Waals surface area contributed by atoms with E-state index in [1.54, 1.807) is 6.07 Å². The average Bonchev–Trinajstić information content (AvgIpc) is 2.55. The van der Waals surface area contributed by atoms with Crippen molar-refractivity contribution in [1.82, 2.24) is 5.32 Å². The fraction of sp³-hybridized carbons (Fsp3) is 0.250. The van der Waals surface area contributed by atoms with Gasteiger partial charge in [0.05, 0.1) is 0 Å². The van der Waals surface area contributed by atoms with Gasteiger partial charge in [0.1, 0.15) is 5.41 Å². The number of fused-ring (bicyclic) bond motifs is 2. The molecule has 16 heavy (non-hydrogen) atoms. The van der Waals surface area contributed by atoms with Crippen molar-refractivity contribution in [3.05, 3.63) is 40.9 Å². The van der Waals surface area contributed by atoms with Crippen LogP contribution in [0.3, 0.4) is 0 Å². The Balaban J connectivity index is 2.21. The molecule has 3 nitrogen and oxygen atoms in total. The van der Waals surface area contributed by atoms with Gasteiger partial charge in [0, 0.05) is 23.8 Å². The minimum Gasteiger partial charge on any atom is -0.325 e. The summed E-state index contributed by atoms with van der Waals surface area (Å²) in [5, 5.41) is 6.77. The molecule has 2 aliphatic rings. The van der Waals surface area contributed by atoms with Crippen LogP contribution in [0.25, 0.3) is 0 Å². The second-order valence-corrected chi connectivity index (χ2v) is 4.59. The van der Waals surface area contributed by atoms with Crippen LogP contribution in [0, 0.1) is 0 Å². The third-order valence-corrected chi connectivity index (χ3v) is 3.42. The fourth-order valence-electron chi connectivity index (χ4n) is 2.36. The van der Waals surface area contributed by atoms with Crippen LogP contribution in [0.2, 0.25) is 5.02 Å². The molecular weight excluding hydrogens is 224 g/mol. The second-order valence-electron chi connectivity index (χ2n) is 4.15. The highest BCUT2D eigenvalue weighted by molar-refractivity contribution is 6.31. The first-order valence-corrected chi connectivity index (χ1v) is 5.60. The van der Waals surface area contributed by atoms with Crippen molar-refractivity contribution < 1.29 is 4.79 Å². The molecule has 0 fully saturated rings. The topological polar surface area (TPSA) is 41.1 Å². The van der Waals surface area contributed by atoms with Crippen molar-refractivity contribution >= 4 is 23.2 Å². The van der Waals surface area contributed by atoms with Crippen LogP contribution < -0.4 is 10.6 Å². The van der Waals surface area contributed by atoms with Crippen LogP contribution in [0.15, 0.2) is 30.4 Å². The van der Waals surface area contributed by atoms with E-state index in [0.29, 0.717) is 11.6 Å². The smallest absolute Gasteiger partial charge is 0.240 e. The maximum Gasteiger partial charge on any atom is 0.240 e. The molecule has 3 rings (SSSR count). The molecular formula is C12H11ClN2O. The third kappa shape index (κ3) is 1.22. The zero-order valence-electron chi connectivity index (χ0n) is 8.59. The molecule has 0 aromatic heterocycles. The Kier molecular flexibility index (Phi) is 2.06. The highest BCUT2D eigenvalue weighted by Gasteiger charge is 2.45. The van der Waals surface area contributed by atoms with Crippen LogP contribution >= 0.6 is 11.6 Å². The molecule has 1 aromatic rings. The summed E-state index contributed by atoms with van der Waals surface area (Å²) in [5.74, 6) is 0.0215. The van der Waals surface area contributed by atoms with E-state index >= 15 is 0 Å². The Morgan fingerprint density at radius 2 is 2.25 bits per heavy atom. The van der Waals surface area contributed by atoms with E-state index < -0.39 is 5.41 Å². The van der Waals surface area contributed by atoms with E-state index in [4.69, 9.17) is 11.6 Å². The van der Waals surface area contributed by atoms with E-state index in [1.165, 1.54) is 0 Å². The molecule has 1 atom stereocenters. The molecule has 1 aromatic carbocycles. The zero-order chi connectivity index (χ0) is 11.2. The minimum absolute atomic E-state index is 0.0215. The molecule has 0 radical (unpaired) electrons. The summed E-state index contributed by atoms with van der Waals surface area (Å²) in [5.41, 5.74) is 1.26. The standard InChI is InChI=1S/C12H11ClN2O/c13-8-2-3-10-9(6-8)12(11(16)15-10)4-1-5-14-7-12/h1-4,6,14H,5,7H2,(H,15,16)/t12-/m0/s1. The van der Waals surface area contributed by atoms with Crippen LogP contribution in [-0.2, 0) is 10.2 Å². The van der Waals surface area contributed by atoms with Gasteiger partial charge in [-0.05, 0) is 23.8 Å². The maximum atomic E-state index is 12.1. The molecule has 0 unspecified atom stereocenters. The molecule has 1 amide bonds. The van der Waals surface area contributed by atoms with Gasteiger partial charge < -0.3 is 10.6 Å². The molecule has 1 spiro atoms. The van der Waals surface area contributed by atoms with Crippen molar-refractivity contribution in [2.75, 3.05) is 18.4 Å². The quantitative estimate of drug-likeness (QED) is 0.671. The minimum atomic E-state index is -0.571. The number of carbonyl (C=O) groups excluding carboxylic acids is 1. The Labute approximate surface area is 98.5 Å². The van der Waals surface area contributed by atoms with Gasteiger partial charge in [-0.25, -0.2) is 0 Å². The first kappa shape index (κ1) is 9.87. The summed E-state index contributed by atoms with van der Waals surface area (Å²) in [6.45, 7) is 1.44. The highest BCUT2D eigenvalue weighted by Crippen LogP contribution is 2.40. The average molecular weight is 235 g/mol. The van der Waals surface area contributed by atoms with E-state index in [2.05, 4.69) is 10.6 Å². The third-order valence-electron chi connectivity index (χ3n) is 3.18. The molecule has 82 valence electrons. The normalized spacial score (nSPS) is 26.9. The van der Waals surface area contributed by atoms with Crippen LogP contribution in [0.4, 0.5) is 5.69 Å². The van der Waals surface area contributed by atoms with Crippen molar-refractivity contribution in [2.45, 2.75) is 5.41 Å². The summed E-state index contributed by atoms with van der Waals surface area (Å²) >= 11 is 5.99. The Bertz CT molecular complexity index is 498. The number of anilines is 1. The second kappa shape index (κ2) is 3.34. The van der Waals surface area contributed by atoms with Crippen LogP contribution in [0.5, 0.6) is 0 Å². The Morgan fingerprint density at radius 3 is 3.00 bits per heavy atom. The number of benzene rings is 1. The largest absolute Gasteiger partial charge is 0.325 e. The molecule has 2 aliphatic heterocycles. The maximum absolute atomic E-state index is 12.1. The first-order chi connectivity index (χ1) is 7.72. The number of halogens is 1. The fourth-order valence-corrected chi connectivity index (χ4v) is 2.54. The van der Waals surface area contributed by atoms with Crippen molar-refractivity contribution in [3.63, 3.8) is 0 Å². The molecule has 2 heterocycles. The first-order valence-electron chi connectivity index (χ1n) is 5.22. The van der Waals surface area contributed by atoms with Gasteiger partial charge in [0.2, 0.25) is 5.91 Å². The lowest BCUT2D eigenvalue weighted by Crippen LogP contribution is -2.45. The van der Waals surface area contributed by atoms with Crippen molar-refractivity contribution in [2.24, 2.45) is 0 Å². The van der Waals surface area contributed by atoms with E-state index in [0.717, 1.165) is 17.8 Å². The van der Waals surface area contributed by atoms with Gasteiger partial charge in [0.15, 0.2) is 0 Å². The number of hydrogen-bond donors (Lipinski definition) is 2. The van der Waals surface area contributed by atoms with Crippen LogP contribution in [0.1, 0.15) is 5.56 Å². The van der Waals surface area contributed by atoms with Gasteiger partial charge in [-0.3, -0.25) is 4.79 Å². The summed E-state index contributed by atoms with van der Waals surface area (Å²) in [6.07, 6.45) is 3.96. The molecule has 2 N–H and O–H groups in total. The molecule has 4 heteroatoms. The molecule has 0 saturated heterocycles. The number of amides is 1. The van der Waals surface area contributed by atoms with Crippen molar-refractivity contribution in [1.29, 1.82) is 0 Å². The van der Waals surface area contributed by atoms with Gasteiger partial charge >= 0.3 is 0 Å². The molecule has 0 bridgehead atoms. The zero-order valence-corrected chi connectivity index (χ0v) is 9.34. The van der Waals surface area contributed by atoms with E-state index in [9.17, 15) is 4.79 Å². The number of nitrogens with one attached hydrogen (secondary N) is 2. The summed E-state index contributed by atoms with van der Waals surface area (Å²) < 4.78 is 0. The van der Waals surface area contributed by atoms with Crippen molar-refractivity contribution in [3.8, 4) is 0 Å². The van der Waals surface area contributed by atoms with Gasteiger partial charge in [0.25, 0.3) is 0 Å². The summed E-state index contributed by atoms with van der Waals surface area (Å²) in [7, 11) is 0. The lowest BCUT2D eigenvalue weighted by Gasteiger charge is -2.27. The van der Waals surface area contributed by atoms with Gasteiger partial charge in [-0.15, -0.1) is 0 Å².